The third-order valence-corrected chi connectivity index (χ3v) is 2.25. The number of nitrogens with zero attached hydrogens (tertiary/aromatic N) is 1. The third-order valence-electron chi connectivity index (χ3n) is 2.25. The van der Waals surface area contributed by atoms with Crippen molar-refractivity contribution in [1.82, 2.24) is 0 Å². The van der Waals surface area contributed by atoms with Gasteiger partial charge in [-0.1, -0.05) is 4.85 Å². The van der Waals surface area contributed by atoms with Crippen molar-refractivity contribution in [3.05, 3.63) is 4.85 Å². The second kappa shape index (κ2) is 1.25. The van der Waals surface area contributed by atoms with E-state index in [2.05, 4.69) is 10.9 Å². The molecule has 0 aromatic heterocycles. The van der Waals surface area contributed by atoms with Gasteiger partial charge in [0.05, 0.1) is 6.42 Å². The van der Waals surface area contributed by atoms with E-state index in [0.29, 0.717) is 5.41 Å². The van der Waals surface area contributed by atoms with Gasteiger partial charge in [0.1, 0.15) is 0 Å². The minimum atomic E-state index is 0.700. The highest BCUT2D eigenvalue weighted by Gasteiger charge is 2.48. The summed E-state index contributed by atoms with van der Waals surface area (Å²) in [5.41, 5.74) is 0.700. The van der Waals surface area contributed by atoms with E-state index < -0.39 is 0 Å². The van der Waals surface area contributed by atoms with Crippen LogP contribution >= 0.6 is 0 Å². The highest BCUT2D eigenvalue weighted by atomic mass is 14.7. The van der Waals surface area contributed by atoms with E-state index in [1.165, 1.54) is 19.3 Å². The molecule has 0 amide bonds. The average molecular weight is 108 g/mol. The van der Waals surface area contributed by atoms with E-state index in [9.17, 15) is 0 Å². The van der Waals surface area contributed by atoms with E-state index >= 15 is 0 Å². The maximum absolute atomic E-state index is 4.14. The van der Waals surface area contributed by atoms with E-state index in [1.54, 1.807) is 0 Å². The first kappa shape index (κ1) is 4.38. The van der Waals surface area contributed by atoms with Crippen LogP contribution in [-0.2, 0) is 0 Å². The fraction of sp³-hybridized carbons (Fsp3) is 0.857. The van der Waals surface area contributed by atoms with Crippen LogP contribution in [-0.4, -0.2) is 6.54 Å². The first-order valence-corrected chi connectivity index (χ1v) is 3.31. The summed E-state index contributed by atoms with van der Waals surface area (Å²) >= 11 is 0. The monoisotopic (exact) mass is 108 g/mol. The smallest absolute Gasteiger partial charge is 0.0831 e. The van der Waals surface area contributed by atoms with E-state index in [0.717, 1.165) is 13.0 Å². The van der Waals surface area contributed by atoms with Crippen molar-refractivity contribution in [2.75, 3.05) is 6.54 Å². The molecule has 0 radical (unpaired) electrons. The molecule has 1 spiro atoms. The topological polar surface area (TPSA) is 4.36 Å². The summed E-state index contributed by atoms with van der Waals surface area (Å²) in [6, 6.07) is 3.01. The zero-order valence-corrected chi connectivity index (χ0v) is 4.98. The molecular weight excluding hydrogens is 98.1 g/mol. The van der Waals surface area contributed by atoms with Crippen LogP contribution in [0.2, 0.25) is 0 Å². The largest absolute Gasteiger partial charge is 0.272 e. The molecule has 0 bridgehead atoms. The molecule has 2 aliphatic rings. The molecule has 0 aromatic carbocycles. The summed E-state index contributed by atoms with van der Waals surface area (Å²) in [5.74, 6) is 0. The van der Waals surface area contributed by atoms with Crippen molar-refractivity contribution in [3.8, 4) is 6.07 Å². The Balaban J connectivity index is 2.13. The zero-order valence-electron chi connectivity index (χ0n) is 4.98. The fourth-order valence-corrected chi connectivity index (χ4v) is 1.29. The molecule has 1 aliphatic heterocycles. The lowest BCUT2D eigenvalue weighted by molar-refractivity contribution is 0.502. The molecule has 0 unspecified atom stereocenters. The summed E-state index contributed by atoms with van der Waals surface area (Å²) in [6.07, 6.45) is 5.33. The summed E-state index contributed by atoms with van der Waals surface area (Å²) in [5, 5.41) is 0. The van der Waals surface area contributed by atoms with E-state index in [-0.39, 0.29) is 0 Å². The van der Waals surface area contributed by atoms with Crippen molar-refractivity contribution in [3.63, 3.8) is 0 Å². The molecule has 1 aliphatic carbocycles. The molecule has 42 valence electrons. The normalized spacial score (nSPS) is 29.0. The SMILES string of the molecule is C1#[N+]CC2(CC1)CC2. The van der Waals surface area contributed by atoms with Crippen LogP contribution in [0.4, 0.5) is 0 Å². The lowest BCUT2D eigenvalue weighted by atomic mass is 10.00. The predicted molar refractivity (Wildman–Crippen MR) is 33.0 cm³/mol. The Morgan fingerprint density at radius 2 is 2.12 bits per heavy atom. The molecule has 0 N–H and O–H groups in total. The molecule has 1 heterocycles. The fourth-order valence-electron chi connectivity index (χ4n) is 1.29. The first-order valence-electron chi connectivity index (χ1n) is 3.31. The van der Waals surface area contributed by atoms with Crippen molar-refractivity contribution >= 4 is 0 Å². The van der Waals surface area contributed by atoms with Gasteiger partial charge in [-0.15, -0.1) is 0 Å². The summed E-state index contributed by atoms with van der Waals surface area (Å²) in [4.78, 5) is 4.14. The maximum Gasteiger partial charge on any atom is 0.272 e. The van der Waals surface area contributed by atoms with Crippen molar-refractivity contribution in [2.45, 2.75) is 25.7 Å². The lowest BCUT2D eigenvalue weighted by Crippen LogP contribution is -2.05. The van der Waals surface area contributed by atoms with Gasteiger partial charge >= 0.3 is 0 Å². The molecule has 1 nitrogen and oxygen atoms in total. The number of hydrogen-bond acceptors (Lipinski definition) is 0. The van der Waals surface area contributed by atoms with Crippen LogP contribution in [0, 0.1) is 11.5 Å². The Morgan fingerprint density at radius 1 is 1.25 bits per heavy atom. The zero-order chi connectivity index (χ0) is 5.45. The second-order valence-electron chi connectivity index (χ2n) is 2.97. The van der Waals surface area contributed by atoms with Gasteiger partial charge in [0, 0.05) is 5.41 Å². The van der Waals surface area contributed by atoms with Crippen molar-refractivity contribution in [2.24, 2.45) is 5.41 Å². The minimum Gasteiger partial charge on any atom is -0.0831 e. The molecular formula is C7H10N+. The van der Waals surface area contributed by atoms with Crippen molar-refractivity contribution < 1.29 is 0 Å². The standard InChI is InChI=1S/C7H10N/c1-2-7(3-4-7)6-8-5-1/h1-4,6H2/q+1. The lowest BCUT2D eigenvalue weighted by Gasteiger charge is -2.01. The summed E-state index contributed by atoms with van der Waals surface area (Å²) in [7, 11) is 0. The molecule has 1 saturated carbocycles. The first-order chi connectivity index (χ1) is 3.91. The summed E-state index contributed by atoms with van der Waals surface area (Å²) in [6.45, 7) is 1.08. The Hall–Kier alpha value is -0.510. The van der Waals surface area contributed by atoms with Crippen LogP contribution in [0.1, 0.15) is 25.7 Å². The number of hydrogen-bond donors (Lipinski definition) is 0. The Bertz CT molecular complexity index is 157. The van der Waals surface area contributed by atoms with Gasteiger partial charge in [-0.25, -0.2) is 0 Å². The molecule has 2 rings (SSSR count). The van der Waals surface area contributed by atoms with Crippen molar-refractivity contribution in [1.29, 1.82) is 0 Å². The van der Waals surface area contributed by atoms with E-state index in [1.807, 2.05) is 0 Å². The van der Waals surface area contributed by atoms with Gasteiger partial charge in [0.2, 0.25) is 0 Å². The Labute approximate surface area is 49.5 Å². The third kappa shape index (κ3) is 0.527. The highest BCUT2D eigenvalue weighted by Crippen LogP contribution is 2.50. The van der Waals surface area contributed by atoms with Crippen LogP contribution in [0.3, 0.4) is 0 Å². The molecule has 0 atom stereocenters. The second-order valence-corrected chi connectivity index (χ2v) is 2.97. The maximum atomic E-state index is 4.14. The van der Waals surface area contributed by atoms with Crippen LogP contribution in [0.5, 0.6) is 0 Å². The van der Waals surface area contributed by atoms with Crippen LogP contribution in [0.25, 0.3) is 4.85 Å². The van der Waals surface area contributed by atoms with Gasteiger partial charge in [-0.2, -0.15) is 0 Å². The number of rotatable bonds is 0. The van der Waals surface area contributed by atoms with Gasteiger partial charge in [0.15, 0.2) is 0 Å². The van der Waals surface area contributed by atoms with Gasteiger partial charge < -0.3 is 0 Å². The minimum absolute atomic E-state index is 0.700. The van der Waals surface area contributed by atoms with Gasteiger partial charge in [-0.05, 0) is 19.3 Å². The summed E-state index contributed by atoms with van der Waals surface area (Å²) < 4.78 is 0. The molecule has 8 heavy (non-hydrogen) atoms. The predicted octanol–water partition coefficient (Wildman–Crippen LogP) is 1.89. The Morgan fingerprint density at radius 3 is 2.50 bits per heavy atom. The molecule has 0 aromatic rings. The molecule has 1 fully saturated rings. The van der Waals surface area contributed by atoms with Crippen LogP contribution in [0.15, 0.2) is 0 Å². The quantitative estimate of drug-likeness (QED) is 0.446. The van der Waals surface area contributed by atoms with Gasteiger partial charge in [0.25, 0.3) is 12.6 Å². The highest BCUT2D eigenvalue weighted by molar-refractivity contribution is 5.07. The molecule has 0 saturated heterocycles. The van der Waals surface area contributed by atoms with E-state index in [4.69, 9.17) is 0 Å². The van der Waals surface area contributed by atoms with Gasteiger partial charge in [-0.3, -0.25) is 0 Å². The van der Waals surface area contributed by atoms with Crippen LogP contribution < -0.4 is 0 Å². The average Bonchev–Trinajstić information content (AvgIpc) is 2.52. The Kier molecular flexibility index (Phi) is 0.686. The molecule has 1 heteroatoms.